The van der Waals surface area contributed by atoms with Crippen molar-refractivity contribution in [3.63, 3.8) is 0 Å². The molecule has 0 fully saturated rings. The Bertz CT molecular complexity index is 1060. The second-order valence-corrected chi connectivity index (χ2v) is 7.38. The Balaban J connectivity index is 1.92. The van der Waals surface area contributed by atoms with E-state index in [1.807, 2.05) is 66.9 Å². The number of aromatic nitrogens is 1. The van der Waals surface area contributed by atoms with E-state index < -0.39 is 0 Å². The standard InChI is InChI=1S/C24H25ClN2O3/c1-4-30-24(29)22-16(2)23(18-10-6-5-7-11-18)27(17(22)3)15-21(28)26-14-19-12-8-9-13-20(19)25/h5-13H,4,14-15H2,1-3H3,(H,26,28). The van der Waals surface area contributed by atoms with E-state index in [0.29, 0.717) is 29.4 Å². The molecule has 0 aliphatic carbocycles. The van der Waals surface area contributed by atoms with Crippen molar-refractivity contribution >= 4 is 23.5 Å². The summed E-state index contributed by atoms with van der Waals surface area (Å²) in [6.07, 6.45) is 0. The molecule has 0 saturated heterocycles. The maximum Gasteiger partial charge on any atom is 0.340 e. The van der Waals surface area contributed by atoms with Gasteiger partial charge in [0.15, 0.2) is 0 Å². The molecule has 2 aromatic carbocycles. The average molecular weight is 425 g/mol. The minimum Gasteiger partial charge on any atom is -0.462 e. The number of nitrogens with zero attached hydrogens (tertiary/aromatic N) is 1. The first-order valence-electron chi connectivity index (χ1n) is 9.86. The Morgan fingerprint density at radius 3 is 2.37 bits per heavy atom. The highest BCUT2D eigenvalue weighted by Crippen LogP contribution is 2.31. The molecule has 0 saturated carbocycles. The lowest BCUT2D eigenvalue weighted by molar-refractivity contribution is -0.121. The highest BCUT2D eigenvalue weighted by molar-refractivity contribution is 6.31. The minimum absolute atomic E-state index is 0.0841. The van der Waals surface area contributed by atoms with Gasteiger partial charge in [-0.05, 0) is 43.5 Å². The molecule has 5 nitrogen and oxygen atoms in total. The minimum atomic E-state index is -0.375. The van der Waals surface area contributed by atoms with Crippen LogP contribution in [0.2, 0.25) is 5.02 Å². The van der Waals surface area contributed by atoms with Crippen LogP contribution in [0.1, 0.15) is 34.1 Å². The van der Waals surface area contributed by atoms with Crippen LogP contribution in [0.5, 0.6) is 0 Å². The number of benzene rings is 2. The topological polar surface area (TPSA) is 60.3 Å². The maximum absolute atomic E-state index is 12.8. The third-order valence-corrected chi connectivity index (χ3v) is 5.40. The van der Waals surface area contributed by atoms with E-state index in [1.165, 1.54) is 0 Å². The van der Waals surface area contributed by atoms with Crippen LogP contribution in [0, 0.1) is 13.8 Å². The number of hydrogen-bond donors (Lipinski definition) is 1. The molecule has 0 aliphatic rings. The van der Waals surface area contributed by atoms with Crippen LogP contribution in [-0.4, -0.2) is 23.1 Å². The second kappa shape index (κ2) is 9.63. The summed E-state index contributed by atoms with van der Waals surface area (Å²) in [5.74, 6) is -0.541. The molecule has 0 aliphatic heterocycles. The Kier molecular flexibility index (Phi) is 6.95. The molecule has 1 N–H and O–H groups in total. The molecular formula is C24H25ClN2O3. The molecule has 3 rings (SSSR count). The van der Waals surface area contributed by atoms with Crippen LogP contribution in [-0.2, 0) is 22.6 Å². The van der Waals surface area contributed by atoms with Crippen LogP contribution < -0.4 is 5.32 Å². The van der Waals surface area contributed by atoms with E-state index in [2.05, 4.69) is 5.32 Å². The van der Waals surface area contributed by atoms with Crippen LogP contribution in [0.3, 0.4) is 0 Å². The van der Waals surface area contributed by atoms with Crippen molar-refractivity contribution in [1.29, 1.82) is 0 Å². The summed E-state index contributed by atoms with van der Waals surface area (Å²) in [5.41, 5.74) is 4.64. The lowest BCUT2D eigenvalue weighted by Crippen LogP contribution is -2.28. The second-order valence-electron chi connectivity index (χ2n) is 6.97. The number of rotatable bonds is 7. The highest BCUT2D eigenvalue weighted by Gasteiger charge is 2.25. The van der Waals surface area contributed by atoms with Crippen molar-refractivity contribution in [2.45, 2.75) is 33.9 Å². The lowest BCUT2D eigenvalue weighted by atomic mass is 10.1. The van der Waals surface area contributed by atoms with E-state index in [1.54, 1.807) is 13.0 Å². The number of esters is 1. The zero-order valence-corrected chi connectivity index (χ0v) is 18.1. The molecule has 1 heterocycles. The molecule has 0 atom stereocenters. The largest absolute Gasteiger partial charge is 0.462 e. The Morgan fingerprint density at radius 1 is 1.03 bits per heavy atom. The molecule has 0 radical (unpaired) electrons. The van der Waals surface area contributed by atoms with Gasteiger partial charge in [0.25, 0.3) is 0 Å². The molecule has 156 valence electrons. The number of hydrogen-bond acceptors (Lipinski definition) is 3. The molecule has 6 heteroatoms. The van der Waals surface area contributed by atoms with Gasteiger partial charge in [-0.2, -0.15) is 0 Å². The van der Waals surface area contributed by atoms with Gasteiger partial charge in [0.05, 0.1) is 17.9 Å². The summed E-state index contributed by atoms with van der Waals surface area (Å²) < 4.78 is 7.12. The molecular weight excluding hydrogens is 400 g/mol. The van der Waals surface area contributed by atoms with Gasteiger partial charge in [-0.1, -0.05) is 60.1 Å². The Labute approximate surface area is 181 Å². The van der Waals surface area contributed by atoms with Gasteiger partial charge in [-0.3, -0.25) is 4.79 Å². The van der Waals surface area contributed by atoms with Crippen LogP contribution in [0.25, 0.3) is 11.3 Å². The van der Waals surface area contributed by atoms with Gasteiger partial charge < -0.3 is 14.6 Å². The Hall–Kier alpha value is -3.05. The number of ether oxygens (including phenoxy) is 1. The van der Waals surface area contributed by atoms with Gasteiger partial charge in [-0.15, -0.1) is 0 Å². The summed E-state index contributed by atoms with van der Waals surface area (Å²) in [6, 6.07) is 17.1. The highest BCUT2D eigenvalue weighted by atomic mass is 35.5. The van der Waals surface area contributed by atoms with E-state index in [-0.39, 0.29) is 18.4 Å². The van der Waals surface area contributed by atoms with Gasteiger partial charge in [0.1, 0.15) is 6.54 Å². The monoisotopic (exact) mass is 424 g/mol. The van der Waals surface area contributed by atoms with Crippen molar-refractivity contribution in [2.75, 3.05) is 6.61 Å². The first-order chi connectivity index (χ1) is 14.4. The zero-order chi connectivity index (χ0) is 21.7. The van der Waals surface area contributed by atoms with Crippen molar-refractivity contribution < 1.29 is 14.3 Å². The fourth-order valence-electron chi connectivity index (χ4n) is 3.60. The quantitative estimate of drug-likeness (QED) is 0.547. The summed E-state index contributed by atoms with van der Waals surface area (Å²) in [4.78, 5) is 25.3. The summed E-state index contributed by atoms with van der Waals surface area (Å²) >= 11 is 6.18. The van der Waals surface area contributed by atoms with Crippen molar-refractivity contribution in [2.24, 2.45) is 0 Å². The normalized spacial score (nSPS) is 10.7. The molecule has 0 unspecified atom stereocenters. The van der Waals surface area contributed by atoms with E-state index in [4.69, 9.17) is 16.3 Å². The van der Waals surface area contributed by atoms with Crippen molar-refractivity contribution in [3.05, 3.63) is 82.0 Å². The van der Waals surface area contributed by atoms with Crippen LogP contribution in [0.15, 0.2) is 54.6 Å². The summed E-state index contributed by atoms with van der Waals surface area (Å²) in [5, 5.41) is 3.53. The smallest absolute Gasteiger partial charge is 0.340 e. The maximum atomic E-state index is 12.8. The number of nitrogens with one attached hydrogen (secondary N) is 1. The first kappa shape index (κ1) is 21.7. The fraction of sp³-hybridized carbons (Fsp3) is 0.250. The average Bonchev–Trinajstić information content (AvgIpc) is 2.97. The predicted molar refractivity (Wildman–Crippen MR) is 119 cm³/mol. The number of carbonyl (C=O) groups is 2. The number of carbonyl (C=O) groups excluding carboxylic acids is 2. The molecule has 30 heavy (non-hydrogen) atoms. The number of amides is 1. The van der Waals surface area contributed by atoms with Crippen molar-refractivity contribution in [1.82, 2.24) is 9.88 Å². The van der Waals surface area contributed by atoms with Crippen LogP contribution >= 0.6 is 11.6 Å². The molecule has 1 aromatic heterocycles. The lowest BCUT2D eigenvalue weighted by Gasteiger charge is -2.13. The predicted octanol–water partition coefficient (Wildman–Crippen LogP) is 4.92. The number of halogens is 1. The van der Waals surface area contributed by atoms with E-state index in [0.717, 1.165) is 22.4 Å². The molecule has 0 spiro atoms. The molecule has 0 bridgehead atoms. The zero-order valence-electron chi connectivity index (χ0n) is 17.4. The molecule has 3 aromatic rings. The third-order valence-electron chi connectivity index (χ3n) is 5.03. The van der Waals surface area contributed by atoms with Gasteiger partial charge in [-0.25, -0.2) is 4.79 Å². The van der Waals surface area contributed by atoms with E-state index >= 15 is 0 Å². The first-order valence-corrected chi connectivity index (χ1v) is 10.2. The van der Waals surface area contributed by atoms with Gasteiger partial charge in [0, 0.05) is 17.3 Å². The van der Waals surface area contributed by atoms with E-state index in [9.17, 15) is 9.59 Å². The van der Waals surface area contributed by atoms with Crippen LogP contribution in [0.4, 0.5) is 0 Å². The van der Waals surface area contributed by atoms with Gasteiger partial charge in [0.2, 0.25) is 5.91 Å². The molecule has 1 amide bonds. The van der Waals surface area contributed by atoms with Crippen molar-refractivity contribution in [3.8, 4) is 11.3 Å². The van der Waals surface area contributed by atoms with Gasteiger partial charge >= 0.3 is 5.97 Å². The third kappa shape index (κ3) is 4.57. The fourth-order valence-corrected chi connectivity index (χ4v) is 3.80. The summed E-state index contributed by atoms with van der Waals surface area (Å²) in [6.45, 7) is 6.22. The SMILES string of the molecule is CCOC(=O)c1c(C)c(-c2ccccc2)n(CC(=O)NCc2ccccc2Cl)c1C. The summed E-state index contributed by atoms with van der Waals surface area (Å²) in [7, 11) is 0. The Morgan fingerprint density at radius 2 is 1.70 bits per heavy atom.